The lowest BCUT2D eigenvalue weighted by Crippen LogP contribution is -2.28. The third kappa shape index (κ3) is 3.62. The number of aryl methyl sites for hydroxylation is 1. The molecule has 0 bridgehead atoms. The summed E-state index contributed by atoms with van der Waals surface area (Å²) in [6, 6.07) is 3.29. The molecular formula is C14H20N2O2S. The number of pyridine rings is 1. The van der Waals surface area contributed by atoms with Gasteiger partial charge in [-0.3, -0.25) is 0 Å². The van der Waals surface area contributed by atoms with Crippen LogP contribution in [0, 0.1) is 6.92 Å². The molecule has 5 heteroatoms. The van der Waals surface area contributed by atoms with E-state index in [4.69, 9.17) is 5.11 Å². The number of carboxylic acids is 1. The molecule has 0 unspecified atom stereocenters. The first-order chi connectivity index (χ1) is 8.87. The molecule has 0 aliphatic carbocycles. The van der Waals surface area contributed by atoms with E-state index in [2.05, 4.69) is 23.7 Å². The third-order valence-electron chi connectivity index (χ3n) is 3.35. The second kappa shape index (κ2) is 5.41. The largest absolute Gasteiger partial charge is 0.478 e. The Bertz CT molecular complexity index is 488. The average Bonchev–Trinajstić information content (AvgIpc) is 2.49. The number of thioether (sulfide) groups is 1. The van der Waals surface area contributed by atoms with Crippen LogP contribution in [-0.4, -0.2) is 39.6 Å². The standard InChI is InChI=1S/C14H20N2O2S/c1-10-8-11(13(17)18)9-12(15-10)16-5-4-14(2,3)19-7-6-16/h8-9H,4-7H2,1-3H3,(H,17,18). The summed E-state index contributed by atoms with van der Waals surface area (Å²) >= 11 is 1.97. The molecule has 0 saturated carbocycles. The Kier molecular flexibility index (Phi) is 4.04. The average molecular weight is 280 g/mol. The Morgan fingerprint density at radius 2 is 2.16 bits per heavy atom. The molecule has 1 fully saturated rings. The van der Waals surface area contributed by atoms with Gasteiger partial charge in [0, 0.05) is 29.3 Å². The van der Waals surface area contributed by atoms with E-state index in [-0.39, 0.29) is 4.75 Å². The number of hydrogen-bond acceptors (Lipinski definition) is 4. The van der Waals surface area contributed by atoms with Gasteiger partial charge in [0.1, 0.15) is 5.82 Å². The van der Waals surface area contributed by atoms with Gasteiger partial charge in [0.2, 0.25) is 0 Å². The van der Waals surface area contributed by atoms with Crippen LogP contribution in [0.15, 0.2) is 12.1 Å². The number of carboxylic acid groups (broad SMARTS) is 1. The SMILES string of the molecule is Cc1cc(C(=O)O)cc(N2CCSC(C)(C)CC2)n1. The molecule has 2 heterocycles. The summed E-state index contributed by atoms with van der Waals surface area (Å²) in [6.07, 6.45) is 1.08. The Morgan fingerprint density at radius 1 is 1.42 bits per heavy atom. The number of hydrogen-bond donors (Lipinski definition) is 1. The third-order valence-corrected chi connectivity index (χ3v) is 4.72. The minimum atomic E-state index is -0.892. The van der Waals surface area contributed by atoms with Crippen molar-refractivity contribution in [2.75, 3.05) is 23.7 Å². The first kappa shape index (κ1) is 14.2. The second-order valence-corrected chi connectivity index (χ2v) is 7.31. The van der Waals surface area contributed by atoms with E-state index >= 15 is 0 Å². The molecule has 1 aromatic rings. The van der Waals surface area contributed by atoms with Crippen LogP contribution >= 0.6 is 11.8 Å². The van der Waals surface area contributed by atoms with Crippen LogP contribution in [0.2, 0.25) is 0 Å². The minimum absolute atomic E-state index is 0.286. The second-order valence-electron chi connectivity index (χ2n) is 5.51. The molecule has 1 aliphatic rings. The molecule has 1 saturated heterocycles. The van der Waals surface area contributed by atoms with Gasteiger partial charge in [-0.2, -0.15) is 11.8 Å². The molecule has 0 amide bonds. The molecule has 4 nitrogen and oxygen atoms in total. The highest BCUT2D eigenvalue weighted by Crippen LogP contribution is 2.32. The van der Waals surface area contributed by atoms with Gasteiger partial charge < -0.3 is 10.0 Å². The first-order valence-electron chi connectivity index (χ1n) is 6.48. The predicted octanol–water partition coefficient (Wildman–Crippen LogP) is 2.81. The van der Waals surface area contributed by atoms with E-state index in [9.17, 15) is 4.79 Å². The highest BCUT2D eigenvalue weighted by Gasteiger charge is 2.24. The zero-order chi connectivity index (χ0) is 14.0. The van der Waals surface area contributed by atoms with Gasteiger partial charge in [-0.1, -0.05) is 13.8 Å². The van der Waals surface area contributed by atoms with E-state index in [0.717, 1.165) is 36.8 Å². The Labute approximate surface area is 118 Å². The predicted molar refractivity (Wildman–Crippen MR) is 79.3 cm³/mol. The normalized spacial score (nSPS) is 19.0. The summed E-state index contributed by atoms with van der Waals surface area (Å²) < 4.78 is 0.286. The maximum Gasteiger partial charge on any atom is 0.335 e. The molecule has 2 rings (SSSR count). The van der Waals surface area contributed by atoms with Gasteiger partial charge in [-0.25, -0.2) is 9.78 Å². The van der Waals surface area contributed by atoms with Gasteiger partial charge in [-0.15, -0.1) is 0 Å². The molecule has 0 aromatic carbocycles. The maximum atomic E-state index is 11.1. The van der Waals surface area contributed by atoms with Crippen molar-refractivity contribution in [3.8, 4) is 0 Å². The summed E-state index contributed by atoms with van der Waals surface area (Å²) in [7, 11) is 0. The monoisotopic (exact) mass is 280 g/mol. The molecule has 19 heavy (non-hydrogen) atoms. The zero-order valence-corrected chi connectivity index (χ0v) is 12.5. The Balaban J connectivity index is 2.24. The Hall–Kier alpha value is -1.23. The van der Waals surface area contributed by atoms with Crippen LogP contribution in [0.5, 0.6) is 0 Å². The van der Waals surface area contributed by atoms with E-state index in [1.807, 2.05) is 18.7 Å². The van der Waals surface area contributed by atoms with E-state index in [0.29, 0.717) is 5.56 Å². The van der Waals surface area contributed by atoms with Crippen molar-refractivity contribution in [2.24, 2.45) is 0 Å². The van der Waals surface area contributed by atoms with Gasteiger partial charge in [0.05, 0.1) is 5.56 Å². The van der Waals surface area contributed by atoms with Gasteiger partial charge >= 0.3 is 5.97 Å². The molecule has 0 spiro atoms. The summed E-state index contributed by atoms with van der Waals surface area (Å²) in [5.74, 6) is 0.942. The smallest absolute Gasteiger partial charge is 0.335 e. The maximum absolute atomic E-state index is 11.1. The minimum Gasteiger partial charge on any atom is -0.478 e. The number of aromatic nitrogens is 1. The summed E-state index contributed by atoms with van der Waals surface area (Å²) in [6.45, 7) is 8.20. The number of rotatable bonds is 2. The fourth-order valence-corrected chi connectivity index (χ4v) is 3.29. The topological polar surface area (TPSA) is 53.4 Å². The van der Waals surface area contributed by atoms with Gasteiger partial charge in [-0.05, 0) is 25.5 Å². The van der Waals surface area contributed by atoms with Crippen LogP contribution in [0.4, 0.5) is 5.82 Å². The number of carbonyl (C=O) groups is 1. The van der Waals surface area contributed by atoms with Crippen LogP contribution in [0.1, 0.15) is 36.3 Å². The van der Waals surface area contributed by atoms with Crippen molar-refractivity contribution in [3.63, 3.8) is 0 Å². The van der Waals surface area contributed by atoms with E-state index in [1.54, 1.807) is 12.1 Å². The molecular weight excluding hydrogens is 260 g/mol. The van der Waals surface area contributed by atoms with Crippen LogP contribution in [0.3, 0.4) is 0 Å². The highest BCUT2D eigenvalue weighted by molar-refractivity contribution is 8.00. The van der Waals surface area contributed by atoms with E-state index < -0.39 is 5.97 Å². The van der Waals surface area contributed by atoms with Crippen molar-refractivity contribution >= 4 is 23.5 Å². The summed E-state index contributed by atoms with van der Waals surface area (Å²) in [5, 5.41) is 9.12. The van der Waals surface area contributed by atoms with Gasteiger partial charge in [0.15, 0.2) is 0 Å². The van der Waals surface area contributed by atoms with Crippen molar-refractivity contribution in [1.29, 1.82) is 0 Å². The zero-order valence-electron chi connectivity index (χ0n) is 11.6. The lowest BCUT2D eigenvalue weighted by atomic mass is 10.1. The molecule has 104 valence electrons. The van der Waals surface area contributed by atoms with Crippen LogP contribution in [0.25, 0.3) is 0 Å². The lowest BCUT2D eigenvalue weighted by Gasteiger charge is -2.23. The van der Waals surface area contributed by atoms with Crippen LogP contribution in [-0.2, 0) is 0 Å². The summed E-state index contributed by atoms with van der Waals surface area (Å²) in [4.78, 5) is 17.8. The van der Waals surface area contributed by atoms with Crippen molar-refractivity contribution in [3.05, 3.63) is 23.4 Å². The van der Waals surface area contributed by atoms with Crippen molar-refractivity contribution in [2.45, 2.75) is 31.9 Å². The summed E-state index contributed by atoms with van der Waals surface area (Å²) in [5.41, 5.74) is 1.07. The van der Waals surface area contributed by atoms with Crippen molar-refractivity contribution in [1.82, 2.24) is 4.98 Å². The number of aromatic carboxylic acids is 1. The van der Waals surface area contributed by atoms with Crippen molar-refractivity contribution < 1.29 is 9.90 Å². The molecule has 1 N–H and O–H groups in total. The highest BCUT2D eigenvalue weighted by atomic mass is 32.2. The molecule has 1 aromatic heterocycles. The fourth-order valence-electron chi connectivity index (χ4n) is 2.19. The number of anilines is 1. The van der Waals surface area contributed by atoms with Crippen LogP contribution < -0.4 is 4.90 Å². The molecule has 0 radical (unpaired) electrons. The lowest BCUT2D eigenvalue weighted by molar-refractivity contribution is 0.0696. The van der Waals surface area contributed by atoms with Gasteiger partial charge in [0.25, 0.3) is 0 Å². The molecule has 1 aliphatic heterocycles. The molecule has 0 atom stereocenters. The Morgan fingerprint density at radius 3 is 2.84 bits per heavy atom. The van der Waals surface area contributed by atoms with E-state index in [1.165, 1.54) is 0 Å². The first-order valence-corrected chi connectivity index (χ1v) is 7.47. The number of nitrogens with zero attached hydrogens (tertiary/aromatic N) is 2. The quantitative estimate of drug-likeness (QED) is 0.902. The fraction of sp³-hybridized carbons (Fsp3) is 0.571.